The largest absolute Gasteiger partial charge is 0.463 e. The molecular weight excluding hydrogens is 414 g/mol. The molecule has 8 nitrogen and oxygen atoms in total. The first kappa shape index (κ1) is 19.7. The molecule has 154 valence electrons. The van der Waals surface area contributed by atoms with Crippen LogP contribution in [-0.4, -0.2) is 38.1 Å². The summed E-state index contributed by atoms with van der Waals surface area (Å²) >= 11 is 0. The van der Waals surface area contributed by atoms with Crippen molar-refractivity contribution in [3.05, 3.63) is 53.8 Å². The third-order valence-electron chi connectivity index (χ3n) is 5.09. The molecule has 1 fully saturated rings. The molecular formula is C19H21N3O5S2. The number of anilines is 1. The number of sulfone groups is 1. The molecule has 1 aliphatic rings. The van der Waals surface area contributed by atoms with Crippen LogP contribution in [0, 0.1) is 13.8 Å². The second-order valence-corrected chi connectivity index (χ2v) is 11.2. The summed E-state index contributed by atoms with van der Waals surface area (Å²) in [5.41, 5.74) is 2.28. The van der Waals surface area contributed by atoms with Gasteiger partial charge in [-0.25, -0.2) is 21.5 Å². The highest BCUT2D eigenvalue weighted by Crippen LogP contribution is 2.31. The molecule has 1 aliphatic heterocycles. The van der Waals surface area contributed by atoms with Crippen molar-refractivity contribution in [3.63, 3.8) is 0 Å². The van der Waals surface area contributed by atoms with Crippen LogP contribution in [-0.2, 0) is 19.9 Å². The summed E-state index contributed by atoms with van der Waals surface area (Å²) in [6.45, 7) is 3.75. The lowest BCUT2D eigenvalue weighted by Crippen LogP contribution is -2.20. The molecule has 10 heteroatoms. The van der Waals surface area contributed by atoms with Gasteiger partial charge in [-0.2, -0.15) is 5.10 Å². The summed E-state index contributed by atoms with van der Waals surface area (Å²) in [6.07, 6.45) is 1.87. The molecule has 1 aromatic carbocycles. The Balaban J connectivity index is 1.74. The Hall–Kier alpha value is -2.59. The van der Waals surface area contributed by atoms with Gasteiger partial charge in [0.1, 0.15) is 11.5 Å². The number of benzene rings is 1. The number of hydrogen-bond acceptors (Lipinski definition) is 6. The average Bonchev–Trinajstić information content (AvgIpc) is 3.36. The molecule has 29 heavy (non-hydrogen) atoms. The van der Waals surface area contributed by atoms with Gasteiger partial charge in [0.25, 0.3) is 10.0 Å². The van der Waals surface area contributed by atoms with E-state index in [1.165, 1.54) is 10.9 Å². The van der Waals surface area contributed by atoms with Gasteiger partial charge in [0, 0.05) is 6.07 Å². The van der Waals surface area contributed by atoms with Gasteiger partial charge in [-0.1, -0.05) is 6.07 Å². The lowest BCUT2D eigenvalue weighted by Gasteiger charge is -2.15. The summed E-state index contributed by atoms with van der Waals surface area (Å²) in [5.74, 6) is 0.648. The zero-order chi connectivity index (χ0) is 20.8. The van der Waals surface area contributed by atoms with Crippen molar-refractivity contribution in [1.82, 2.24) is 9.78 Å². The molecule has 1 N–H and O–H groups in total. The molecule has 4 rings (SSSR count). The van der Waals surface area contributed by atoms with Crippen molar-refractivity contribution in [2.45, 2.75) is 31.2 Å². The molecule has 0 amide bonds. The summed E-state index contributed by atoms with van der Waals surface area (Å²) < 4.78 is 59.2. The molecule has 1 saturated heterocycles. The Bertz CT molecular complexity index is 1260. The minimum atomic E-state index is -3.88. The number of hydrogen-bond donors (Lipinski definition) is 1. The van der Waals surface area contributed by atoms with Gasteiger partial charge in [-0.15, -0.1) is 0 Å². The first-order valence-electron chi connectivity index (χ1n) is 9.08. The number of furan rings is 1. The Labute approximate surface area is 169 Å². The summed E-state index contributed by atoms with van der Waals surface area (Å²) in [6, 6.07) is 9.42. The minimum Gasteiger partial charge on any atom is -0.463 e. The van der Waals surface area contributed by atoms with Crippen LogP contribution >= 0.6 is 0 Å². The first-order valence-corrected chi connectivity index (χ1v) is 12.4. The maximum Gasteiger partial charge on any atom is 0.263 e. The van der Waals surface area contributed by atoms with Crippen LogP contribution < -0.4 is 4.72 Å². The van der Waals surface area contributed by atoms with Crippen molar-refractivity contribution in [1.29, 1.82) is 0 Å². The fourth-order valence-electron chi connectivity index (χ4n) is 3.34. The van der Waals surface area contributed by atoms with Crippen molar-refractivity contribution in [3.8, 4) is 11.5 Å². The van der Waals surface area contributed by atoms with Crippen LogP contribution in [0.1, 0.15) is 23.6 Å². The Kier molecular flexibility index (Phi) is 4.78. The van der Waals surface area contributed by atoms with Gasteiger partial charge in [-0.05, 0) is 55.7 Å². The first-order chi connectivity index (χ1) is 13.6. The zero-order valence-corrected chi connectivity index (χ0v) is 17.6. The van der Waals surface area contributed by atoms with Crippen LogP contribution in [0.3, 0.4) is 0 Å². The van der Waals surface area contributed by atoms with Crippen LogP contribution in [0.25, 0.3) is 11.5 Å². The van der Waals surface area contributed by atoms with Gasteiger partial charge in [0.15, 0.2) is 15.6 Å². The smallest absolute Gasteiger partial charge is 0.263 e. The van der Waals surface area contributed by atoms with Crippen molar-refractivity contribution in [2.24, 2.45) is 0 Å². The van der Waals surface area contributed by atoms with Gasteiger partial charge in [0.2, 0.25) is 0 Å². The third-order valence-corrected chi connectivity index (χ3v) is 8.19. The van der Waals surface area contributed by atoms with E-state index < -0.39 is 25.9 Å². The lowest BCUT2D eigenvalue weighted by molar-refractivity contribution is 0.504. The molecule has 0 radical (unpaired) electrons. The van der Waals surface area contributed by atoms with Crippen molar-refractivity contribution >= 4 is 25.7 Å². The predicted octanol–water partition coefficient (Wildman–Crippen LogP) is 2.92. The van der Waals surface area contributed by atoms with Gasteiger partial charge >= 0.3 is 0 Å². The maximum absolute atomic E-state index is 13.0. The van der Waals surface area contributed by atoms with Gasteiger partial charge in [-0.3, -0.25) is 4.72 Å². The third kappa shape index (κ3) is 3.95. The number of nitrogens with one attached hydrogen (secondary N) is 1. The normalized spacial score (nSPS) is 18.8. The molecule has 0 aliphatic carbocycles. The standard InChI is InChI=1S/C19H21N3O5S2/c1-13-5-6-16(10-14(13)2)29(25,26)21-19-11-17(18-4-3-8-27-18)20-22(19)15-7-9-28(23,24)12-15/h3-6,8,10-11,15,21H,7,9,12H2,1-2H3. The van der Waals surface area contributed by atoms with Gasteiger partial charge < -0.3 is 4.42 Å². The molecule has 1 unspecified atom stereocenters. The highest BCUT2D eigenvalue weighted by atomic mass is 32.2. The van der Waals surface area contributed by atoms with E-state index in [1.807, 2.05) is 13.8 Å². The highest BCUT2D eigenvalue weighted by molar-refractivity contribution is 7.92. The average molecular weight is 436 g/mol. The van der Waals surface area contributed by atoms with E-state index in [0.29, 0.717) is 17.9 Å². The van der Waals surface area contributed by atoms with Crippen LogP contribution in [0.4, 0.5) is 5.82 Å². The number of sulfonamides is 1. The number of nitrogens with zero attached hydrogens (tertiary/aromatic N) is 2. The maximum atomic E-state index is 13.0. The van der Waals surface area contributed by atoms with E-state index >= 15 is 0 Å². The van der Waals surface area contributed by atoms with E-state index in [0.717, 1.165) is 11.1 Å². The summed E-state index contributed by atoms with van der Waals surface area (Å²) in [5, 5.41) is 4.44. The topological polar surface area (TPSA) is 111 Å². The molecule has 2 aromatic heterocycles. The zero-order valence-electron chi connectivity index (χ0n) is 16.0. The lowest BCUT2D eigenvalue weighted by atomic mass is 10.1. The van der Waals surface area contributed by atoms with E-state index in [2.05, 4.69) is 9.82 Å². The Morgan fingerprint density at radius 2 is 1.97 bits per heavy atom. The number of aryl methyl sites for hydroxylation is 2. The Morgan fingerprint density at radius 1 is 1.17 bits per heavy atom. The quantitative estimate of drug-likeness (QED) is 0.660. The fourth-order valence-corrected chi connectivity index (χ4v) is 6.16. The number of rotatable bonds is 5. The van der Waals surface area contributed by atoms with Crippen LogP contribution in [0.5, 0.6) is 0 Å². The highest BCUT2D eigenvalue weighted by Gasteiger charge is 2.32. The van der Waals surface area contributed by atoms with Gasteiger partial charge in [0.05, 0.1) is 28.7 Å². The predicted molar refractivity (Wildman–Crippen MR) is 109 cm³/mol. The van der Waals surface area contributed by atoms with E-state index in [9.17, 15) is 16.8 Å². The SMILES string of the molecule is Cc1ccc(S(=O)(=O)Nc2cc(-c3ccco3)nn2C2CCS(=O)(=O)C2)cc1C. The van der Waals surface area contributed by atoms with E-state index in [-0.39, 0.29) is 22.2 Å². The monoisotopic (exact) mass is 435 g/mol. The molecule has 1 atom stereocenters. The molecule has 0 spiro atoms. The minimum absolute atomic E-state index is 0.0525. The number of aromatic nitrogens is 2. The summed E-state index contributed by atoms with van der Waals surface area (Å²) in [4.78, 5) is 0.131. The molecule has 0 saturated carbocycles. The van der Waals surface area contributed by atoms with E-state index in [4.69, 9.17) is 4.42 Å². The van der Waals surface area contributed by atoms with Crippen LogP contribution in [0.15, 0.2) is 52.0 Å². The fraction of sp³-hybridized carbons (Fsp3) is 0.316. The molecule has 3 aromatic rings. The van der Waals surface area contributed by atoms with Crippen molar-refractivity contribution < 1.29 is 21.3 Å². The summed E-state index contributed by atoms with van der Waals surface area (Å²) in [7, 11) is -7.05. The Morgan fingerprint density at radius 3 is 2.59 bits per heavy atom. The van der Waals surface area contributed by atoms with Crippen molar-refractivity contribution in [2.75, 3.05) is 16.2 Å². The second kappa shape index (κ2) is 7.03. The second-order valence-electron chi connectivity index (χ2n) is 7.25. The molecule has 0 bridgehead atoms. The molecule has 3 heterocycles. The van der Waals surface area contributed by atoms with Crippen LogP contribution in [0.2, 0.25) is 0 Å². The van der Waals surface area contributed by atoms with E-state index in [1.54, 1.807) is 36.4 Å².